The Morgan fingerprint density at radius 1 is 1.17 bits per heavy atom. The lowest BCUT2D eigenvalue weighted by Crippen LogP contribution is -2.11. The van der Waals surface area contributed by atoms with Gasteiger partial charge >= 0.3 is 0 Å². The number of carbonyl (C=O) groups is 1. The molecule has 2 heterocycles. The molecular formula is C20H19N5O3S. The van der Waals surface area contributed by atoms with Gasteiger partial charge in [-0.25, -0.2) is 9.67 Å². The summed E-state index contributed by atoms with van der Waals surface area (Å²) < 4.78 is 12.5. The van der Waals surface area contributed by atoms with Gasteiger partial charge in [0.15, 0.2) is 5.13 Å². The molecule has 0 bridgehead atoms. The maximum absolute atomic E-state index is 12.7. The second kappa shape index (κ2) is 7.88. The molecule has 148 valence electrons. The normalized spacial score (nSPS) is 10.9. The molecule has 1 amide bonds. The minimum absolute atomic E-state index is 0.253. The lowest BCUT2D eigenvalue weighted by atomic mass is 10.1. The van der Waals surface area contributed by atoms with E-state index >= 15 is 0 Å². The number of anilines is 1. The van der Waals surface area contributed by atoms with E-state index in [-0.39, 0.29) is 5.91 Å². The second-order valence-corrected chi connectivity index (χ2v) is 7.03. The van der Waals surface area contributed by atoms with Gasteiger partial charge in [0.2, 0.25) is 0 Å². The quantitative estimate of drug-likeness (QED) is 0.520. The molecule has 9 heteroatoms. The fourth-order valence-corrected chi connectivity index (χ4v) is 3.69. The van der Waals surface area contributed by atoms with E-state index in [9.17, 15) is 4.79 Å². The molecule has 0 saturated carbocycles. The van der Waals surface area contributed by atoms with Gasteiger partial charge < -0.3 is 9.47 Å². The van der Waals surface area contributed by atoms with Crippen LogP contribution in [-0.2, 0) is 6.54 Å². The van der Waals surface area contributed by atoms with E-state index in [2.05, 4.69) is 20.6 Å². The van der Waals surface area contributed by atoms with Crippen molar-refractivity contribution in [3.8, 4) is 22.8 Å². The number of rotatable bonds is 6. The molecule has 0 aliphatic carbocycles. The molecule has 2 aromatic heterocycles. The molecule has 0 aliphatic rings. The van der Waals surface area contributed by atoms with Crippen LogP contribution in [0, 0.1) is 0 Å². The van der Waals surface area contributed by atoms with Gasteiger partial charge in [-0.2, -0.15) is 0 Å². The monoisotopic (exact) mass is 409 g/mol. The van der Waals surface area contributed by atoms with Gasteiger partial charge in [0.1, 0.15) is 17.0 Å². The van der Waals surface area contributed by atoms with Crippen molar-refractivity contribution in [1.82, 2.24) is 20.0 Å². The fourth-order valence-electron chi connectivity index (χ4n) is 2.99. The van der Waals surface area contributed by atoms with Gasteiger partial charge in [0.05, 0.1) is 25.4 Å². The highest BCUT2D eigenvalue weighted by molar-refractivity contribution is 7.14. The van der Waals surface area contributed by atoms with E-state index in [1.54, 1.807) is 31.0 Å². The van der Waals surface area contributed by atoms with Crippen LogP contribution >= 0.6 is 11.3 Å². The van der Waals surface area contributed by atoms with Crippen molar-refractivity contribution in [3.63, 3.8) is 0 Å². The first kappa shape index (κ1) is 18.9. The minimum atomic E-state index is -0.253. The molecule has 0 aliphatic heterocycles. The SMILES string of the molecule is CCn1nnc2cc(C(=O)Nc3nc(-c4cc(OC)ccc4OC)cs3)ccc21. The molecular weight excluding hydrogens is 390 g/mol. The Labute approximate surface area is 171 Å². The first-order valence-electron chi connectivity index (χ1n) is 8.95. The van der Waals surface area contributed by atoms with Crippen LogP contribution in [0.25, 0.3) is 22.3 Å². The van der Waals surface area contributed by atoms with Crippen LogP contribution in [0.5, 0.6) is 11.5 Å². The van der Waals surface area contributed by atoms with Gasteiger partial charge in [-0.05, 0) is 43.3 Å². The maximum Gasteiger partial charge on any atom is 0.257 e. The molecule has 0 saturated heterocycles. The Bertz CT molecular complexity index is 1180. The number of fused-ring (bicyclic) bond motifs is 1. The summed E-state index contributed by atoms with van der Waals surface area (Å²) in [7, 11) is 3.21. The number of hydrogen-bond donors (Lipinski definition) is 1. The van der Waals surface area contributed by atoms with Crippen LogP contribution in [-0.4, -0.2) is 40.1 Å². The van der Waals surface area contributed by atoms with Crippen molar-refractivity contribution in [3.05, 3.63) is 47.3 Å². The van der Waals surface area contributed by atoms with Crippen molar-refractivity contribution in [1.29, 1.82) is 0 Å². The molecule has 4 aromatic rings. The van der Waals surface area contributed by atoms with Crippen molar-refractivity contribution in [2.24, 2.45) is 0 Å². The number of methoxy groups -OCH3 is 2. The zero-order valence-corrected chi connectivity index (χ0v) is 17.0. The van der Waals surface area contributed by atoms with Crippen molar-refractivity contribution >= 4 is 33.4 Å². The van der Waals surface area contributed by atoms with Crippen molar-refractivity contribution in [2.75, 3.05) is 19.5 Å². The standard InChI is InChI=1S/C20H19N5O3S/c1-4-25-17-7-5-12(9-15(17)23-24-25)19(26)22-20-21-16(11-29-20)14-10-13(27-2)6-8-18(14)28-3/h5-11H,4H2,1-3H3,(H,21,22,26). The second-order valence-electron chi connectivity index (χ2n) is 6.17. The summed E-state index contributed by atoms with van der Waals surface area (Å²) in [6.07, 6.45) is 0. The number of nitrogens with one attached hydrogen (secondary N) is 1. The van der Waals surface area contributed by atoms with Crippen LogP contribution in [0.4, 0.5) is 5.13 Å². The predicted molar refractivity (Wildman–Crippen MR) is 112 cm³/mol. The molecule has 0 unspecified atom stereocenters. The highest BCUT2D eigenvalue weighted by Crippen LogP contribution is 2.35. The molecule has 8 nitrogen and oxygen atoms in total. The third-order valence-corrected chi connectivity index (χ3v) is 5.24. The van der Waals surface area contributed by atoms with E-state index < -0.39 is 0 Å². The molecule has 2 aromatic carbocycles. The van der Waals surface area contributed by atoms with Gasteiger partial charge in [-0.15, -0.1) is 16.4 Å². The summed E-state index contributed by atoms with van der Waals surface area (Å²) in [5.74, 6) is 1.13. The van der Waals surface area contributed by atoms with E-state index in [0.29, 0.717) is 33.4 Å². The molecule has 4 rings (SSSR count). The van der Waals surface area contributed by atoms with Crippen LogP contribution in [0.3, 0.4) is 0 Å². The van der Waals surface area contributed by atoms with Crippen molar-refractivity contribution < 1.29 is 14.3 Å². The molecule has 0 fully saturated rings. The topological polar surface area (TPSA) is 91.2 Å². The van der Waals surface area contributed by atoms with Crippen LogP contribution < -0.4 is 14.8 Å². The third-order valence-electron chi connectivity index (χ3n) is 4.48. The molecule has 1 N–H and O–H groups in total. The predicted octanol–water partition coefficient (Wildman–Crippen LogP) is 3.84. The zero-order valence-electron chi connectivity index (χ0n) is 16.2. The summed E-state index contributed by atoms with van der Waals surface area (Å²) >= 11 is 1.34. The number of amides is 1. The summed E-state index contributed by atoms with van der Waals surface area (Å²) in [6, 6.07) is 10.8. The smallest absolute Gasteiger partial charge is 0.257 e. The molecule has 0 atom stereocenters. The summed E-state index contributed by atoms with van der Waals surface area (Å²) in [4.78, 5) is 17.2. The number of ether oxygens (including phenoxy) is 2. The van der Waals surface area contributed by atoms with E-state index in [0.717, 1.165) is 17.6 Å². The Balaban J connectivity index is 1.57. The lowest BCUT2D eigenvalue weighted by molar-refractivity contribution is 0.102. The number of benzene rings is 2. The first-order chi connectivity index (χ1) is 14.1. The average molecular weight is 409 g/mol. The Morgan fingerprint density at radius 3 is 2.79 bits per heavy atom. The number of hydrogen-bond acceptors (Lipinski definition) is 7. The number of aromatic nitrogens is 4. The van der Waals surface area contributed by atoms with E-state index in [4.69, 9.17) is 9.47 Å². The summed E-state index contributed by atoms with van der Waals surface area (Å²) in [5, 5.41) is 13.4. The first-order valence-corrected chi connectivity index (χ1v) is 9.83. The number of thiazole rings is 1. The number of nitrogens with zero attached hydrogens (tertiary/aromatic N) is 4. The van der Waals surface area contributed by atoms with Gasteiger partial charge in [-0.3, -0.25) is 10.1 Å². The van der Waals surface area contributed by atoms with Crippen LogP contribution in [0.2, 0.25) is 0 Å². The molecule has 0 spiro atoms. The fraction of sp³-hybridized carbons (Fsp3) is 0.200. The zero-order chi connectivity index (χ0) is 20.4. The Morgan fingerprint density at radius 2 is 2.03 bits per heavy atom. The van der Waals surface area contributed by atoms with Crippen LogP contribution in [0.1, 0.15) is 17.3 Å². The highest BCUT2D eigenvalue weighted by Gasteiger charge is 2.15. The Kier molecular flexibility index (Phi) is 5.13. The van der Waals surface area contributed by atoms with Crippen LogP contribution in [0.15, 0.2) is 41.8 Å². The molecule has 0 radical (unpaired) electrons. The average Bonchev–Trinajstić information content (AvgIpc) is 3.39. The van der Waals surface area contributed by atoms with Gasteiger partial charge in [-0.1, -0.05) is 5.21 Å². The number of aryl methyl sites for hydroxylation is 1. The van der Waals surface area contributed by atoms with E-state index in [1.165, 1.54) is 11.3 Å². The Hall–Kier alpha value is -3.46. The summed E-state index contributed by atoms with van der Waals surface area (Å²) in [6.45, 7) is 2.71. The van der Waals surface area contributed by atoms with Gasteiger partial charge in [0, 0.05) is 23.1 Å². The lowest BCUT2D eigenvalue weighted by Gasteiger charge is -2.08. The summed E-state index contributed by atoms with van der Waals surface area (Å²) in [5.41, 5.74) is 3.56. The third kappa shape index (κ3) is 3.64. The number of carbonyl (C=O) groups excluding carboxylic acids is 1. The van der Waals surface area contributed by atoms with E-state index in [1.807, 2.05) is 36.6 Å². The molecule has 29 heavy (non-hydrogen) atoms. The van der Waals surface area contributed by atoms with Gasteiger partial charge in [0.25, 0.3) is 5.91 Å². The van der Waals surface area contributed by atoms with Crippen molar-refractivity contribution in [2.45, 2.75) is 13.5 Å². The highest BCUT2D eigenvalue weighted by atomic mass is 32.1. The maximum atomic E-state index is 12.7. The largest absolute Gasteiger partial charge is 0.497 e. The minimum Gasteiger partial charge on any atom is -0.497 e.